The van der Waals surface area contributed by atoms with Gasteiger partial charge in [0.1, 0.15) is 0 Å². The number of nitrogens with zero attached hydrogens (tertiary/aromatic N) is 2. The third-order valence-electron chi connectivity index (χ3n) is 3.28. The van der Waals surface area contributed by atoms with E-state index >= 15 is 0 Å². The Kier molecular flexibility index (Phi) is 3.39. The molecular weight excluding hydrogens is 204 g/mol. The van der Waals surface area contributed by atoms with E-state index in [0.29, 0.717) is 12.1 Å². The first-order valence-corrected chi connectivity index (χ1v) is 5.95. The van der Waals surface area contributed by atoms with Crippen LogP contribution in [0.1, 0.15) is 26.2 Å². The van der Waals surface area contributed by atoms with E-state index < -0.39 is 0 Å². The van der Waals surface area contributed by atoms with Crippen LogP contribution < -0.4 is 0 Å². The van der Waals surface area contributed by atoms with Crippen molar-refractivity contribution in [2.75, 3.05) is 26.2 Å². The van der Waals surface area contributed by atoms with Crippen LogP contribution in [0.5, 0.6) is 0 Å². The van der Waals surface area contributed by atoms with Crippen LogP contribution in [-0.2, 0) is 9.59 Å². The highest BCUT2D eigenvalue weighted by molar-refractivity contribution is 6.15. The number of hydrogen-bond acceptors (Lipinski definition) is 3. The van der Waals surface area contributed by atoms with E-state index in [1.54, 1.807) is 6.92 Å². The summed E-state index contributed by atoms with van der Waals surface area (Å²) in [6.45, 7) is 5.25. The number of amides is 2. The van der Waals surface area contributed by atoms with Crippen molar-refractivity contribution in [3.8, 4) is 0 Å². The minimum atomic E-state index is -0.153. The Labute approximate surface area is 95.9 Å². The van der Waals surface area contributed by atoms with Crippen LogP contribution in [0, 0.1) is 0 Å². The van der Waals surface area contributed by atoms with Crippen molar-refractivity contribution >= 4 is 11.8 Å². The second-order valence-corrected chi connectivity index (χ2v) is 4.52. The average Bonchev–Trinajstić information content (AvgIpc) is 2.53. The maximum atomic E-state index is 11.6. The Morgan fingerprint density at radius 3 is 2.38 bits per heavy atom. The first kappa shape index (κ1) is 11.3. The Morgan fingerprint density at radius 1 is 1.12 bits per heavy atom. The van der Waals surface area contributed by atoms with Gasteiger partial charge in [-0.1, -0.05) is 6.42 Å². The fourth-order valence-corrected chi connectivity index (χ4v) is 2.27. The highest BCUT2D eigenvalue weighted by Crippen LogP contribution is 2.13. The third-order valence-corrected chi connectivity index (χ3v) is 3.28. The summed E-state index contributed by atoms with van der Waals surface area (Å²) in [5.41, 5.74) is 0.559. The molecule has 0 aromatic carbocycles. The summed E-state index contributed by atoms with van der Waals surface area (Å²) in [6, 6.07) is 0. The van der Waals surface area contributed by atoms with Gasteiger partial charge < -0.3 is 4.90 Å². The van der Waals surface area contributed by atoms with Gasteiger partial charge in [0.2, 0.25) is 0 Å². The molecule has 0 unspecified atom stereocenters. The lowest BCUT2D eigenvalue weighted by atomic mass is 10.1. The van der Waals surface area contributed by atoms with E-state index in [4.69, 9.17) is 0 Å². The molecule has 1 fully saturated rings. The number of hydrogen-bond donors (Lipinski definition) is 0. The van der Waals surface area contributed by atoms with Crippen molar-refractivity contribution in [2.24, 2.45) is 0 Å². The van der Waals surface area contributed by atoms with Crippen molar-refractivity contribution in [1.82, 2.24) is 9.80 Å². The molecule has 4 heteroatoms. The molecule has 2 aliphatic heterocycles. The number of likely N-dealkylation sites (tertiary alicyclic amines) is 1. The maximum absolute atomic E-state index is 11.6. The van der Waals surface area contributed by atoms with Crippen LogP contribution in [-0.4, -0.2) is 47.8 Å². The molecule has 4 nitrogen and oxygen atoms in total. The molecule has 0 atom stereocenters. The van der Waals surface area contributed by atoms with Crippen LogP contribution in [0.4, 0.5) is 0 Å². The zero-order valence-electron chi connectivity index (χ0n) is 9.74. The maximum Gasteiger partial charge on any atom is 0.256 e. The number of imide groups is 1. The number of rotatable bonds is 3. The molecule has 0 N–H and O–H groups in total. The predicted molar refractivity (Wildman–Crippen MR) is 60.8 cm³/mol. The summed E-state index contributed by atoms with van der Waals surface area (Å²) in [7, 11) is 0. The Morgan fingerprint density at radius 2 is 1.81 bits per heavy atom. The minimum Gasteiger partial charge on any atom is -0.302 e. The van der Waals surface area contributed by atoms with Crippen molar-refractivity contribution < 1.29 is 9.59 Å². The average molecular weight is 222 g/mol. The fraction of sp³-hybridized carbons (Fsp3) is 0.667. The molecule has 0 aromatic rings. The molecule has 0 saturated carbocycles. The molecule has 16 heavy (non-hydrogen) atoms. The molecule has 88 valence electrons. The molecule has 0 bridgehead atoms. The summed E-state index contributed by atoms with van der Waals surface area (Å²) in [5, 5.41) is 0. The topological polar surface area (TPSA) is 40.6 Å². The number of carbonyl (C=O) groups is 2. The molecule has 1 saturated heterocycles. The van der Waals surface area contributed by atoms with Crippen LogP contribution in [0.2, 0.25) is 0 Å². The second kappa shape index (κ2) is 4.78. The summed E-state index contributed by atoms with van der Waals surface area (Å²) in [5.74, 6) is -0.276. The van der Waals surface area contributed by atoms with Gasteiger partial charge in [0.15, 0.2) is 0 Å². The predicted octanol–water partition coefficient (Wildman–Crippen LogP) is 0.787. The number of piperidine rings is 1. The van der Waals surface area contributed by atoms with Crippen LogP contribution in [0.25, 0.3) is 0 Å². The molecule has 0 radical (unpaired) electrons. The summed E-state index contributed by atoms with van der Waals surface area (Å²) in [4.78, 5) is 26.8. The van der Waals surface area contributed by atoms with E-state index in [-0.39, 0.29) is 11.8 Å². The molecule has 2 aliphatic rings. The Balaban J connectivity index is 1.82. The molecule has 2 heterocycles. The molecule has 0 aromatic heterocycles. The molecule has 0 aliphatic carbocycles. The fourth-order valence-electron chi connectivity index (χ4n) is 2.27. The van der Waals surface area contributed by atoms with Gasteiger partial charge in [-0.2, -0.15) is 0 Å². The van der Waals surface area contributed by atoms with Crippen molar-refractivity contribution in [3.05, 3.63) is 11.6 Å². The Bertz CT molecular complexity index is 330. The molecule has 2 amide bonds. The quantitative estimate of drug-likeness (QED) is 0.663. The lowest BCUT2D eigenvalue weighted by molar-refractivity contribution is -0.137. The van der Waals surface area contributed by atoms with Crippen LogP contribution in [0.3, 0.4) is 0 Å². The van der Waals surface area contributed by atoms with E-state index in [2.05, 4.69) is 4.90 Å². The van der Waals surface area contributed by atoms with Gasteiger partial charge in [-0.05, 0) is 32.9 Å². The van der Waals surface area contributed by atoms with Crippen LogP contribution >= 0.6 is 0 Å². The Hall–Kier alpha value is -1.16. The monoisotopic (exact) mass is 222 g/mol. The first-order valence-electron chi connectivity index (χ1n) is 5.95. The van der Waals surface area contributed by atoms with Crippen molar-refractivity contribution in [2.45, 2.75) is 26.2 Å². The van der Waals surface area contributed by atoms with Crippen LogP contribution in [0.15, 0.2) is 11.6 Å². The standard InChI is InChI=1S/C12H18N2O2/c1-10-9-11(15)14(12(10)16)8-7-13-5-3-2-4-6-13/h9H,2-8H2,1H3. The zero-order chi connectivity index (χ0) is 11.5. The normalized spacial score (nSPS) is 22.8. The lowest BCUT2D eigenvalue weighted by Crippen LogP contribution is -2.40. The second-order valence-electron chi connectivity index (χ2n) is 4.52. The summed E-state index contributed by atoms with van der Waals surface area (Å²) < 4.78 is 0. The van der Waals surface area contributed by atoms with Gasteiger partial charge in [-0.3, -0.25) is 14.5 Å². The van der Waals surface area contributed by atoms with Gasteiger partial charge >= 0.3 is 0 Å². The highest BCUT2D eigenvalue weighted by atomic mass is 16.2. The van der Waals surface area contributed by atoms with Gasteiger partial charge in [0, 0.05) is 24.7 Å². The van der Waals surface area contributed by atoms with E-state index in [0.717, 1.165) is 19.6 Å². The first-order chi connectivity index (χ1) is 7.68. The van der Waals surface area contributed by atoms with E-state index in [1.807, 2.05) is 0 Å². The van der Waals surface area contributed by atoms with Crippen molar-refractivity contribution in [3.63, 3.8) is 0 Å². The van der Waals surface area contributed by atoms with E-state index in [9.17, 15) is 9.59 Å². The molecule has 0 spiro atoms. The molecule has 2 rings (SSSR count). The lowest BCUT2D eigenvalue weighted by Gasteiger charge is -2.27. The SMILES string of the molecule is CC1=CC(=O)N(CCN2CCCCC2)C1=O. The summed E-state index contributed by atoms with van der Waals surface area (Å²) >= 11 is 0. The van der Waals surface area contributed by atoms with Crippen molar-refractivity contribution in [1.29, 1.82) is 0 Å². The van der Waals surface area contributed by atoms with E-state index in [1.165, 1.54) is 30.2 Å². The third kappa shape index (κ3) is 2.32. The highest BCUT2D eigenvalue weighted by Gasteiger charge is 2.28. The molecular formula is C12H18N2O2. The van der Waals surface area contributed by atoms with Gasteiger partial charge in [-0.15, -0.1) is 0 Å². The zero-order valence-corrected chi connectivity index (χ0v) is 9.74. The van der Waals surface area contributed by atoms with Gasteiger partial charge in [0.05, 0.1) is 0 Å². The van der Waals surface area contributed by atoms with Gasteiger partial charge in [0.25, 0.3) is 11.8 Å². The van der Waals surface area contributed by atoms with Gasteiger partial charge in [-0.25, -0.2) is 0 Å². The largest absolute Gasteiger partial charge is 0.302 e. The summed E-state index contributed by atoms with van der Waals surface area (Å²) in [6.07, 6.45) is 5.20. The smallest absolute Gasteiger partial charge is 0.256 e. The number of carbonyl (C=O) groups excluding carboxylic acids is 2. The minimum absolute atomic E-state index is 0.123.